The number of nitrogens with zero attached hydrogens (tertiary/aromatic N) is 1. The quantitative estimate of drug-likeness (QED) is 0.726. The molecule has 116 valence electrons. The topological polar surface area (TPSA) is 78.6 Å². The van der Waals surface area contributed by atoms with Crippen LogP contribution in [0.5, 0.6) is 0 Å². The third kappa shape index (κ3) is 4.09. The molecule has 6 heteroatoms. The van der Waals surface area contributed by atoms with E-state index in [0.29, 0.717) is 22.3 Å². The minimum absolute atomic E-state index is 0.107. The molecule has 0 aromatic heterocycles. The van der Waals surface area contributed by atoms with Crippen LogP contribution < -0.4 is 11.1 Å². The molecule has 1 amide bonds. The summed E-state index contributed by atoms with van der Waals surface area (Å²) in [5.74, 6) is 0.365. The van der Waals surface area contributed by atoms with Crippen molar-refractivity contribution in [2.24, 2.45) is 5.92 Å². The molecular formula is C15H22ClN3O2. The van der Waals surface area contributed by atoms with Gasteiger partial charge in [0.25, 0.3) is 0 Å². The number of halogens is 1. The van der Waals surface area contributed by atoms with E-state index in [1.54, 1.807) is 18.2 Å². The van der Waals surface area contributed by atoms with Crippen LogP contribution in [-0.4, -0.2) is 41.7 Å². The van der Waals surface area contributed by atoms with E-state index in [0.717, 1.165) is 19.4 Å². The average Bonchev–Trinajstić information content (AvgIpc) is 2.39. The number of rotatable bonds is 5. The van der Waals surface area contributed by atoms with Gasteiger partial charge in [-0.1, -0.05) is 11.6 Å². The Labute approximate surface area is 130 Å². The van der Waals surface area contributed by atoms with Crippen molar-refractivity contribution in [3.05, 3.63) is 23.2 Å². The Kier molecular flexibility index (Phi) is 5.08. The molecule has 1 aliphatic carbocycles. The van der Waals surface area contributed by atoms with Crippen LogP contribution in [-0.2, 0) is 4.79 Å². The molecule has 0 heterocycles. The highest BCUT2D eigenvalue weighted by atomic mass is 35.5. The summed E-state index contributed by atoms with van der Waals surface area (Å²) < 4.78 is 0. The van der Waals surface area contributed by atoms with Crippen LogP contribution in [0.1, 0.15) is 19.8 Å². The minimum Gasteiger partial charge on any atom is -0.399 e. The van der Waals surface area contributed by atoms with Gasteiger partial charge in [0, 0.05) is 12.2 Å². The zero-order valence-corrected chi connectivity index (χ0v) is 13.1. The number of hydrogen-bond donors (Lipinski definition) is 3. The Morgan fingerprint density at radius 3 is 2.81 bits per heavy atom. The van der Waals surface area contributed by atoms with E-state index in [2.05, 4.69) is 5.32 Å². The zero-order valence-electron chi connectivity index (χ0n) is 12.3. The number of nitrogens with one attached hydrogen (secondary N) is 1. The fourth-order valence-electron chi connectivity index (χ4n) is 2.49. The average molecular weight is 312 g/mol. The first kappa shape index (κ1) is 16.1. The van der Waals surface area contributed by atoms with Crippen molar-refractivity contribution < 1.29 is 9.90 Å². The Hall–Kier alpha value is -1.30. The summed E-state index contributed by atoms with van der Waals surface area (Å²) >= 11 is 6.05. The molecule has 1 atom stereocenters. The number of nitrogen functional groups attached to an aromatic ring is 1. The lowest BCUT2D eigenvalue weighted by molar-refractivity contribution is -0.120. The molecule has 0 bridgehead atoms. The van der Waals surface area contributed by atoms with Crippen LogP contribution in [0.3, 0.4) is 0 Å². The predicted octanol–water partition coefficient (Wildman–Crippen LogP) is 1.95. The molecule has 21 heavy (non-hydrogen) atoms. The summed E-state index contributed by atoms with van der Waals surface area (Å²) in [5.41, 5.74) is 6.76. The molecule has 0 radical (unpaired) electrons. The monoisotopic (exact) mass is 311 g/mol. The standard InChI is InChI=1S/C15H22ClN3O2/c1-9(19(2)8-10-5-12(20)6-10)15(21)18-14-4-3-11(17)7-13(14)16/h3-4,7,9-10,12,20H,5-6,8,17H2,1-2H3,(H,18,21). The second-order valence-corrected chi connectivity index (χ2v) is 6.24. The van der Waals surface area contributed by atoms with Crippen LogP contribution in [0.2, 0.25) is 5.02 Å². The Morgan fingerprint density at radius 2 is 2.24 bits per heavy atom. The van der Waals surface area contributed by atoms with Gasteiger partial charge < -0.3 is 16.2 Å². The molecule has 0 aliphatic heterocycles. The summed E-state index contributed by atoms with van der Waals surface area (Å²) in [6.45, 7) is 2.66. The first-order valence-corrected chi connectivity index (χ1v) is 7.48. The molecule has 1 fully saturated rings. The van der Waals surface area contributed by atoms with Crippen molar-refractivity contribution in [3.8, 4) is 0 Å². The van der Waals surface area contributed by atoms with E-state index in [1.165, 1.54) is 0 Å². The minimum atomic E-state index is -0.267. The number of carbonyl (C=O) groups excluding carboxylic acids is 1. The summed E-state index contributed by atoms with van der Waals surface area (Å²) in [5, 5.41) is 12.6. The van der Waals surface area contributed by atoms with E-state index < -0.39 is 0 Å². The molecule has 1 aromatic rings. The molecule has 2 rings (SSSR count). The van der Waals surface area contributed by atoms with Gasteiger partial charge >= 0.3 is 0 Å². The second-order valence-electron chi connectivity index (χ2n) is 5.84. The molecule has 1 saturated carbocycles. The highest BCUT2D eigenvalue weighted by Gasteiger charge is 2.30. The fraction of sp³-hybridized carbons (Fsp3) is 0.533. The van der Waals surface area contributed by atoms with Crippen molar-refractivity contribution in [1.82, 2.24) is 4.90 Å². The van der Waals surface area contributed by atoms with E-state index in [-0.39, 0.29) is 18.1 Å². The van der Waals surface area contributed by atoms with E-state index >= 15 is 0 Å². The van der Waals surface area contributed by atoms with Crippen LogP contribution >= 0.6 is 11.6 Å². The highest BCUT2D eigenvalue weighted by molar-refractivity contribution is 6.34. The van der Waals surface area contributed by atoms with Crippen molar-refractivity contribution in [2.75, 3.05) is 24.6 Å². The van der Waals surface area contributed by atoms with Gasteiger partial charge in [-0.15, -0.1) is 0 Å². The summed E-state index contributed by atoms with van der Waals surface area (Å²) in [7, 11) is 1.92. The summed E-state index contributed by atoms with van der Waals surface area (Å²) in [6.07, 6.45) is 1.48. The van der Waals surface area contributed by atoms with Crippen LogP contribution in [0, 0.1) is 5.92 Å². The third-order valence-corrected chi connectivity index (χ3v) is 4.36. The number of benzene rings is 1. The van der Waals surface area contributed by atoms with Crippen molar-refractivity contribution in [2.45, 2.75) is 31.9 Å². The molecule has 0 saturated heterocycles. The number of amides is 1. The Balaban J connectivity index is 1.89. The normalized spacial score (nSPS) is 22.7. The second kappa shape index (κ2) is 6.64. The van der Waals surface area contributed by atoms with E-state index in [1.807, 2.05) is 18.9 Å². The number of carbonyl (C=O) groups is 1. The van der Waals surface area contributed by atoms with Gasteiger partial charge in [0.1, 0.15) is 0 Å². The third-order valence-electron chi connectivity index (χ3n) is 4.05. The maximum atomic E-state index is 12.3. The van der Waals surface area contributed by atoms with Gasteiger partial charge in [0.15, 0.2) is 0 Å². The fourth-order valence-corrected chi connectivity index (χ4v) is 2.72. The number of aliphatic hydroxyl groups is 1. The predicted molar refractivity (Wildman–Crippen MR) is 85.3 cm³/mol. The SMILES string of the molecule is CC(C(=O)Nc1ccc(N)cc1Cl)N(C)CC1CC(O)C1. The van der Waals surface area contributed by atoms with Crippen molar-refractivity contribution >= 4 is 28.9 Å². The van der Waals surface area contributed by atoms with Gasteiger partial charge in [-0.25, -0.2) is 0 Å². The van der Waals surface area contributed by atoms with E-state index in [4.69, 9.17) is 17.3 Å². The molecule has 1 aliphatic rings. The maximum Gasteiger partial charge on any atom is 0.241 e. The molecule has 0 spiro atoms. The molecular weight excluding hydrogens is 290 g/mol. The van der Waals surface area contributed by atoms with E-state index in [9.17, 15) is 9.90 Å². The van der Waals surface area contributed by atoms with Gasteiger partial charge in [-0.05, 0) is 50.9 Å². The highest BCUT2D eigenvalue weighted by Crippen LogP contribution is 2.28. The molecule has 1 aromatic carbocycles. The Bertz CT molecular complexity index is 518. The number of hydrogen-bond acceptors (Lipinski definition) is 4. The van der Waals surface area contributed by atoms with Gasteiger partial charge in [-0.3, -0.25) is 9.69 Å². The van der Waals surface area contributed by atoms with Gasteiger partial charge in [-0.2, -0.15) is 0 Å². The smallest absolute Gasteiger partial charge is 0.241 e. The van der Waals surface area contributed by atoms with Crippen LogP contribution in [0.4, 0.5) is 11.4 Å². The number of aliphatic hydroxyl groups excluding tert-OH is 1. The summed E-state index contributed by atoms with van der Waals surface area (Å²) in [6, 6.07) is 4.74. The van der Waals surface area contributed by atoms with Crippen molar-refractivity contribution in [1.29, 1.82) is 0 Å². The van der Waals surface area contributed by atoms with Gasteiger partial charge in [0.2, 0.25) is 5.91 Å². The van der Waals surface area contributed by atoms with Crippen LogP contribution in [0.25, 0.3) is 0 Å². The van der Waals surface area contributed by atoms with Crippen LogP contribution in [0.15, 0.2) is 18.2 Å². The molecule has 4 N–H and O–H groups in total. The largest absolute Gasteiger partial charge is 0.399 e. The maximum absolute atomic E-state index is 12.3. The first-order valence-electron chi connectivity index (χ1n) is 7.11. The first-order chi connectivity index (χ1) is 9.86. The molecule has 5 nitrogen and oxygen atoms in total. The number of nitrogens with two attached hydrogens (primary N) is 1. The lowest BCUT2D eigenvalue weighted by Crippen LogP contribution is -2.45. The lowest BCUT2D eigenvalue weighted by atomic mass is 9.82. The van der Waals surface area contributed by atoms with Crippen molar-refractivity contribution in [3.63, 3.8) is 0 Å². The molecule has 1 unspecified atom stereocenters. The Morgan fingerprint density at radius 1 is 1.57 bits per heavy atom. The van der Waals surface area contributed by atoms with Gasteiger partial charge in [0.05, 0.1) is 22.9 Å². The number of anilines is 2. The lowest BCUT2D eigenvalue weighted by Gasteiger charge is -2.36. The summed E-state index contributed by atoms with van der Waals surface area (Å²) in [4.78, 5) is 14.2. The number of likely N-dealkylation sites (N-methyl/N-ethyl adjacent to an activating group) is 1. The zero-order chi connectivity index (χ0) is 15.6.